The lowest BCUT2D eigenvalue weighted by Gasteiger charge is -2.23. The first-order valence-electron chi connectivity index (χ1n) is 12.0. The van der Waals surface area contributed by atoms with Crippen molar-refractivity contribution in [3.8, 4) is 22.3 Å². The highest BCUT2D eigenvalue weighted by Gasteiger charge is 2.25. The van der Waals surface area contributed by atoms with Crippen LogP contribution in [0.3, 0.4) is 0 Å². The number of pyridine rings is 1. The highest BCUT2D eigenvalue weighted by Crippen LogP contribution is 2.26. The van der Waals surface area contributed by atoms with Crippen molar-refractivity contribution in [3.63, 3.8) is 0 Å². The van der Waals surface area contributed by atoms with Gasteiger partial charge in [-0.15, -0.1) is 0 Å². The number of anilines is 1. The molecule has 1 heterocycles. The van der Waals surface area contributed by atoms with Gasteiger partial charge >= 0.3 is 0 Å². The average molecular weight is 506 g/mol. The molecule has 0 bridgehead atoms. The monoisotopic (exact) mass is 505 g/mol. The lowest BCUT2D eigenvalue weighted by Crippen LogP contribution is -2.30. The van der Waals surface area contributed by atoms with E-state index in [9.17, 15) is 8.42 Å². The van der Waals surface area contributed by atoms with Gasteiger partial charge in [0.05, 0.1) is 4.90 Å². The smallest absolute Gasteiger partial charge is 0.243 e. The molecule has 6 heteroatoms. The molecule has 0 aliphatic heterocycles. The summed E-state index contributed by atoms with van der Waals surface area (Å²) in [6.07, 6.45) is 3.38. The predicted octanol–water partition coefficient (Wildman–Crippen LogP) is 6.39. The van der Waals surface area contributed by atoms with Crippen LogP contribution in [-0.2, 0) is 23.1 Å². The molecule has 1 aromatic heterocycles. The Hall–Kier alpha value is -4.26. The summed E-state index contributed by atoms with van der Waals surface area (Å²) < 4.78 is 29.1. The summed E-state index contributed by atoms with van der Waals surface area (Å²) in [5.41, 5.74) is 12.4. The van der Waals surface area contributed by atoms with Crippen LogP contribution in [0.4, 0.5) is 5.69 Å². The minimum Gasteiger partial charge on any atom is -0.399 e. The van der Waals surface area contributed by atoms with E-state index >= 15 is 0 Å². The fourth-order valence-electron chi connectivity index (χ4n) is 4.20. The number of benzene rings is 4. The van der Waals surface area contributed by atoms with Gasteiger partial charge in [-0.2, -0.15) is 4.31 Å². The second kappa shape index (κ2) is 10.8. The zero-order valence-electron chi connectivity index (χ0n) is 20.2. The molecule has 0 saturated heterocycles. The lowest BCUT2D eigenvalue weighted by molar-refractivity contribution is 0.400. The normalized spacial score (nSPS) is 11.5. The Balaban J connectivity index is 1.43. The Morgan fingerprint density at radius 3 is 1.73 bits per heavy atom. The zero-order valence-corrected chi connectivity index (χ0v) is 21.1. The minimum absolute atomic E-state index is 0.219. The number of nitrogen functional groups attached to an aromatic ring is 1. The first kappa shape index (κ1) is 24.4. The quantitative estimate of drug-likeness (QED) is 0.248. The highest BCUT2D eigenvalue weighted by atomic mass is 32.2. The number of hydrogen-bond acceptors (Lipinski definition) is 4. The summed E-state index contributed by atoms with van der Waals surface area (Å²) in [5.74, 6) is 0. The van der Waals surface area contributed by atoms with Gasteiger partial charge in [-0.25, -0.2) is 8.42 Å². The van der Waals surface area contributed by atoms with Gasteiger partial charge in [0, 0.05) is 31.2 Å². The SMILES string of the molecule is Nc1ccc(-c2ccc(CN(Cc3cccnc3)S(=O)(=O)c3ccc(-c4ccccc4)cc3)cc2)cc1. The number of sulfonamides is 1. The molecule has 0 saturated carbocycles. The summed E-state index contributed by atoms with van der Waals surface area (Å²) in [6.45, 7) is 0.454. The fourth-order valence-corrected chi connectivity index (χ4v) is 5.62. The maximum atomic E-state index is 13.8. The van der Waals surface area contributed by atoms with Gasteiger partial charge in [0.1, 0.15) is 0 Å². The van der Waals surface area contributed by atoms with Crippen molar-refractivity contribution in [1.29, 1.82) is 0 Å². The van der Waals surface area contributed by atoms with Crippen LogP contribution < -0.4 is 5.73 Å². The van der Waals surface area contributed by atoms with Gasteiger partial charge in [0.15, 0.2) is 0 Å². The van der Waals surface area contributed by atoms with Crippen molar-refractivity contribution < 1.29 is 8.42 Å². The second-order valence-electron chi connectivity index (χ2n) is 8.84. The summed E-state index contributed by atoms with van der Waals surface area (Å²) in [6, 6.07) is 36.3. The van der Waals surface area contributed by atoms with Gasteiger partial charge in [0.2, 0.25) is 10.0 Å². The fraction of sp³-hybridized carbons (Fsp3) is 0.0645. The van der Waals surface area contributed by atoms with E-state index in [1.165, 1.54) is 4.31 Å². The molecular weight excluding hydrogens is 478 g/mol. The number of aromatic nitrogens is 1. The van der Waals surface area contributed by atoms with Crippen molar-refractivity contribution in [3.05, 3.63) is 139 Å². The van der Waals surface area contributed by atoms with Crippen LogP contribution in [0, 0.1) is 0 Å². The van der Waals surface area contributed by atoms with Gasteiger partial charge in [-0.3, -0.25) is 4.98 Å². The molecule has 2 N–H and O–H groups in total. The Bertz CT molecular complexity index is 1550. The van der Waals surface area contributed by atoms with Crippen LogP contribution in [0.2, 0.25) is 0 Å². The molecule has 4 aromatic carbocycles. The zero-order chi connectivity index (χ0) is 25.7. The summed E-state index contributed by atoms with van der Waals surface area (Å²) in [4.78, 5) is 4.42. The molecule has 0 unspecified atom stereocenters. The third-order valence-electron chi connectivity index (χ3n) is 6.24. The largest absolute Gasteiger partial charge is 0.399 e. The third-order valence-corrected chi connectivity index (χ3v) is 8.04. The molecule has 0 amide bonds. The van der Waals surface area contributed by atoms with Gasteiger partial charge < -0.3 is 5.73 Å². The molecule has 0 aliphatic carbocycles. The van der Waals surface area contributed by atoms with E-state index in [2.05, 4.69) is 4.98 Å². The molecule has 0 atom stereocenters. The average Bonchev–Trinajstić information content (AvgIpc) is 2.95. The first-order chi connectivity index (χ1) is 18.0. The molecule has 0 spiro atoms. The summed E-state index contributed by atoms with van der Waals surface area (Å²) in [5, 5.41) is 0. The maximum Gasteiger partial charge on any atom is 0.243 e. The summed E-state index contributed by atoms with van der Waals surface area (Å²) in [7, 11) is -3.77. The maximum absolute atomic E-state index is 13.8. The van der Waals surface area contributed by atoms with E-state index < -0.39 is 10.0 Å². The molecule has 0 fully saturated rings. The van der Waals surface area contributed by atoms with Gasteiger partial charge in [-0.05, 0) is 63.7 Å². The molecule has 5 rings (SSSR count). The van der Waals surface area contributed by atoms with E-state index in [0.717, 1.165) is 33.4 Å². The minimum atomic E-state index is -3.77. The van der Waals surface area contributed by atoms with Crippen molar-refractivity contribution >= 4 is 15.7 Å². The topological polar surface area (TPSA) is 76.3 Å². The Labute approximate surface area is 217 Å². The lowest BCUT2D eigenvalue weighted by atomic mass is 10.0. The Kier molecular flexibility index (Phi) is 7.12. The van der Waals surface area contributed by atoms with Crippen molar-refractivity contribution in [1.82, 2.24) is 9.29 Å². The van der Waals surface area contributed by atoms with Crippen LogP contribution >= 0.6 is 0 Å². The van der Waals surface area contributed by atoms with Crippen molar-refractivity contribution in [2.24, 2.45) is 0 Å². The molecule has 5 aromatic rings. The first-order valence-corrected chi connectivity index (χ1v) is 13.4. The van der Waals surface area contributed by atoms with Crippen LogP contribution in [0.15, 0.2) is 133 Å². The Morgan fingerprint density at radius 2 is 1.14 bits per heavy atom. The van der Waals surface area contributed by atoms with E-state index in [-0.39, 0.29) is 18.0 Å². The molecular formula is C31H27N3O2S. The highest BCUT2D eigenvalue weighted by molar-refractivity contribution is 7.89. The van der Waals surface area contributed by atoms with Crippen LogP contribution in [0.1, 0.15) is 11.1 Å². The number of nitrogens with two attached hydrogens (primary N) is 1. The standard InChI is InChI=1S/C31H27N3O2S/c32-30-16-12-28(13-17-30)27-10-8-24(9-11-27)22-34(23-25-5-4-20-33-21-25)37(35,36)31-18-14-29(15-19-31)26-6-2-1-3-7-26/h1-21H,22-23,32H2. The van der Waals surface area contributed by atoms with Crippen molar-refractivity contribution in [2.75, 3.05) is 5.73 Å². The second-order valence-corrected chi connectivity index (χ2v) is 10.8. The van der Waals surface area contributed by atoms with E-state index in [1.807, 2.05) is 103 Å². The van der Waals surface area contributed by atoms with Crippen molar-refractivity contribution in [2.45, 2.75) is 18.0 Å². The van der Waals surface area contributed by atoms with E-state index in [4.69, 9.17) is 5.73 Å². The summed E-state index contributed by atoms with van der Waals surface area (Å²) >= 11 is 0. The van der Waals surface area contributed by atoms with Gasteiger partial charge in [-0.1, -0.05) is 84.9 Å². The molecule has 5 nitrogen and oxygen atoms in total. The number of rotatable bonds is 8. The van der Waals surface area contributed by atoms with Crippen LogP contribution in [0.5, 0.6) is 0 Å². The molecule has 37 heavy (non-hydrogen) atoms. The number of nitrogens with zero attached hydrogens (tertiary/aromatic N) is 2. The third kappa shape index (κ3) is 5.77. The Morgan fingerprint density at radius 1 is 0.595 bits per heavy atom. The van der Waals surface area contributed by atoms with Gasteiger partial charge in [0.25, 0.3) is 0 Å². The molecule has 0 radical (unpaired) electrons. The molecule has 184 valence electrons. The number of hydrogen-bond donors (Lipinski definition) is 1. The predicted molar refractivity (Wildman–Crippen MR) is 149 cm³/mol. The van der Waals surface area contributed by atoms with Crippen LogP contribution in [0.25, 0.3) is 22.3 Å². The van der Waals surface area contributed by atoms with Crippen LogP contribution in [-0.4, -0.2) is 17.7 Å². The van der Waals surface area contributed by atoms with E-state index in [0.29, 0.717) is 5.69 Å². The molecule has 0 aliphatic rings. The van der Waals surface area contributed by atoms with E-state index in [1.54, 1.807) is 24.5 Å².